The van der Waals surface area contributed by atoms with E-state index in [0.29, 0.717) is 39.1 Å². The normalized spacial score (nSPS) is 18.0. The van der Waals surface area contributed by atoms with E-state index >= 15 is 0 Å². The molecule has 0 radical (unpaired) electrons. The Kier molecular flexibility index (Phi) is 4.50. The highest BCUT2D eigenvalue weighted by molar-refractivity contribution is 5.83. The van der Waals surface area contributed by atoms with Crippen LogP contribution in [0, 0.1) is 12.3 Å². The van der Waals surface area contributed by atoms with Crippen molar-refractivity contribution in [1.82, 2.24) is 10.3 Å². The Balaban J connectivity index is 1.98. The van der Waals surface area contributed by atoms with E-state index in [1.165, 1.54) is 0 Å². The maximum Gasteiger partial charge on any atom is 0.227 e. The summed E-state index contributed by atoms with van der Waals surface area (Å²) in [5, 5.41) is 2.96. The van der Waals surface area contributed by atoms with Gasteiger partial charge in [-0.2, -0.15) is 0 Å². The summed E-state index contributed by atoms with van der Waals surface area (Å²) in [6.07, 6.45) is 3.12. The second-order valence-electron chi connectivity index (χ2n) is 5.05. The quantitative estimate of drug-likeness (QED) is 0.841. The van der Waals surface area contributed by atoms with Crippen LogP contribution in [0.15, 0.2) is 18.3 Å². The molecule has 2 rings (SSSR count). The molecule has 3 N–H and O–H groups in total. The molecule has 0 unspecified atom stereocenters. The minimum Gasteiger partial charge on any atom is -0.381 e. The van der Waals surface area contributed by atoms with Gasteiger partial charge in [-0.3, -0.25) is 9.78 Å². The summed E-state index contributed by atoms with van der Waals surface area (Å²) in [5.74, 6) is 0.0170. The lowest BCUT2D eigenvalue weighted by Gasteiger charge is -2.34. The van der Waals surface area contributed by atoms with Crippen molar-refractivity contribution in [3.8, 4) is 0 Å². The van der Waals surface area contributed by atoms with Crippen LogP contribution in [-0.2, 0) is 16.1 Å². The maximum absolute atomic E-state index is 12.4. The molecule has 0 bridgehead atoms. The van der Waals surface area contributed by atoms with E-state index in [1.807, 2.05) is 19.1 Å². The molecule has 5 nitrogen and oxygen atoms in total. The second-order valence-corrected chi connectivity index (χ2v) is 5.05. The number of aromatic nitrogens is 1. The van der Waals surface area contributed by atoms with Gasteiger partial charge in [0.2, 0.25) is 5.91 Å². The van der Waals surface area contributed by atoms with Gasteiger partial charge < -0.3 is 15.8 Å². The third kappa shape index (κ3) is 3.11. The number of amides is 1. The summed E-state index contributed by atoms with van der Waals surface area (Å²) < 4.78 is 5.31. The van der Waals surface area contributed by atoms with Crippen molar-refractivity contribution < 1.29 is 9.53 Å². The molecular formula is C14H21N3O2. The largest absolute Gasteiger partial charge is 0.381 e. The van der Waals surface area contributed by atoms with Crippen LogP contribution >= 0.6 is 0 Å². The lowest BCUT2D eigenvalue weighted by Crippen LogP contribution is -2.49. The third-order valence-electron chi connectivity index (χ3n) is 3.86. The fourth-order valence-corrected chi connectivity index (χ4v) is 2.34. The Morgan fingerprint density at radius 3 is 2.89 bits per heavy atom. The summed E-state index contributed by atoms with van der Waals surface area (Å²) >= 11 is 0. The third-order valence-corrected chi connectivity index (χ3v) is 3.86. The monoisotopic (exact) mass is 263 g/mol. The summed E-state index contributed by atoms with van der Waals surface area (Å²) in [6, 6.07) is 3.88. The van der Waals surface area contributed by atoms with Crippen molar-refractivity contribution in [2.24, 2.45) is 11.1 Å². The summed E-state index contributed by atoms with van der Waals surface area (Å²) in [7, 11) is 0. The zero-order valence-corrected chi connectivity index (χ0v) is 11.3. The van der Waals surface area contributed by atoms with Crippen LogP contribution in [0.1, 0.15) is 24.1 Å². The molecule has 5 heteroatoms. The van der Waals surface area contributed by atoms with Gasteiger partial charge >= 0.3 is 0 Å². The summed E-state index contributed by atoms with van der Waals surface area (Å²) in [4.78, 5) is 16.6. The Morgan fingerprint density at radius 1 is 1.53 bits per heavy atom. The van der Waals surface area contributed by atoms with Crippen LogP contribution in [0.3, 0.4) is 0 Å². The smallest absolute Gasteiger partial charge is 0.227 e. The molecule has 19 heavy (non-hydrogen) atoms. The Hall–Kier alpha value is -1.46. The average molecular weight is 263 g/mol. The van der Waals surface area contributed by atoms with E-state index in [9.17, 15) is 4.79 Å². The van der Waals surface area contributed by atoms with Crippen LogP contribution < -0.4 is 11.1 Å². The van der Waals surface area contributed by atoms with Crippen molar-refractivity contribution in [2.45, 2.75) is 26.3 Å². The van der Waals surface area contributed by atoms with Gasteiger partial charge in [0.05, 0.1) is 17.7 Å². The van der Waals surface area contributed by atoms with Crippen LogP contribution in [0.5, 0.6) is 0 Å². The predicted octanol–water partition coefficient (Wildman–Crippen LogP) is 0.762. The lowest BCUT2D eigenvalue weighted by molar-refractivity contribution is -0.136. The molecule has 1 amide bonds. The minimum absolute atomic E-state index is 0.0170. The molecule has 104 valence electrons. The zero-order valence-electron chi connectivity index (χ0n) is 11.3. The predicted molar refractivity (Wildman–Crippen MR) is 72.4 cm³/mol. The number of hydrogen-bond donors (Lipinski definition) is 2. The standard InChI is InChI=1S/C14H21N3O2/c1-11-3-2-6-16-12(11)9-17-13(18)14(10-15)4-7-19-8-5-14/h2-3,6H,4-5,7-10,15H2,1H3,(H,17,18). The maximum atomic E-state index is 12.4. The van der Waals surface area contributed by atoms with Crippen molar-refractivity contribution in [3.63, 3.8) is 0 Å². The molecule has 0 atom stereocenters. The first-order chi connectivity index (χ1) is 9.18. The van der Waals surface area contributed by atoms with Gasteiger partial charge in [0, 0.05) is 26.0 Å². The number of hydrogen-bond acceptors (Lipinski definition) is 4. The number of pyridine rings is 1. The first kappa shape index (κ1) is 14.0. The average Bonchev–Trinajstić information content (AvgIpc) is 2.46. The molecule has 1 aliphatic rings. The highest BCUT2D eigenvalue weighted by atomic mass is 16.5. The molecule has 1 fully saturated rings. The number of carbonyl (C=O) groups excluding carboxylic acids is 1. The number of carbonyl (C=O) groups is 1. The minimum atomic E-state index is -0.471. The fraction of sp³-hybridized carbons (Fsp3) is 0.571. The van der Waals surface area contributed by atoms with E-state index in [1.54, 1.807) is 6.20 Å². The first-order valence-corrected chi connectivity index (χ1v) is 6.64. The van der Waals surface area contributed by atoms with E-state index < -0.39 is 5.41 Å². The SMILES string of the molecule is Cc1cccnc1CNC(=O)C1(CN)CCOCC1. The molecule has 0 spiro atoms. The Labute approximate surface area is 113 Å². The van der Waals surface area contributed by atoms with Crippen molar-refractivity contribution in [3.05, 3.63) is 29.6 Å². The van der Waals surface area contributed by atoms with Crippen LogP contribution in [0.2, 0.25) is 0 Å². The molecular weight excluding hydrogens is 242 g/mol. The highest BCUT2D eigenvalue weighted by Gasteiger charge is 2.38. The van der Waals surface area contributed by atoms with E-state index in [0.717, 1.165) is 11.3 Å². The number of ether oxygens (including phenoxy) is 1. The molecule has 0 aliphatic carbocycles. The van der Waals surface area contributed by atoms with Gasteiger partial charge in [-0.05, 0) is 31.4 Å². The Morgan fingerprint density at radius 2 is 2.26 bits per heavy atom. The molecule has 1 aromatic rings. The number of nitrogens with one attached hydrogen (secondary N) is 1. The number of nitrogens with zero attached hydrogens (tertiary/aromatic N) is 1. The van der Waals surface area contributed by atoms with Crippen LogP contribution in [0.25, 0.3) is 0 Å². The topological polar surface area (TPSA) is 77.2 Å². The van der Waals surface area contributed by atoms with Gasteiger partial charge in [-0.25, -0.2) is 0 Å². The molecule has 2 heterocycles. The van der Waals surface area contributed by atoms with Crippen LogP contribution in [0.4, 0.5) is 0 Å². The highest BCUT2D eigenvalue weighted by Crippen LogP contribution is 2.29. The summed E-state index contributed by atoms with van der Waals surface area (Å²) in [6.45, 7) is 4.01. The van der Waals surface area contributed by atoms with Gasteiger partial charge in [0.1, 0.15) is 0 Å². The van der Waals surface area contributed by atoms with Crippen LogP contribution in [-0.4, -0.2) is 30.6 Å². The number of rotatable bonds is 4. The number of nitrogens with two attached hydrogens (primary N) is 1. The zero-order chi connectivity index (χ0) is 13.7. The van der Waals surface area contributed by atoms with Gasteiger partial charge in [-0.1, -0.05) is 6.07 Å². The Bertz CT molecular complexity index is 442. The van der Waals surface area contributed by atoms with E-state index in [2.05, 4.69) is 10.3 Å². The molecule has 1 aromatic heterocycles. The van der Waals surface area contributed by atoms with Gasteiger partial charge in [-0.15, -0.1) is 0 Å². The van der Waals surface area contributed by atoms with Crippen molar-refractivity contribution in [1.29, 1.82) is 0 Å². The van der Waals surface area contributed by atoms with Gasteiger partial charge in [0.25, 0.3) is 0 Å². The van der Waals surface area contributed by atoms with E-state index in [4.69, 9.17) is 10.5 Å². The van der Waals surface area contributed by atoms with Crippen molar-refractivity contribution >= 4 is 5.91 Å². The van der Waals surface area contributed by atoms with E-state index in [-0.39, 0.29) is 5.91 Å². The second kappa shape index (κ2) is 6.12. The molecule has 1 aliphatic heterocycles. The van der Waals surface area contributed by atoms with Gasteiger partial charge in [0.15, 0.2) is 0 Å². The summed E-state index contributed by atoms with van der Waals surface area (Å²) in [5.41, 5.74) is 7.31. The molecule has 0 saturated carbocycles. The molecule has 0 aromatic carbocycles. The van der Waals surface area contributed by atoms with Crippen molar-refractivity contribution in [2.75, 3.05) is 19.8 Å². The lowest BCUT2D eigenvalue weighted by atomic mass is 9.79. The molecule has 1 saturated heterocycles. The fourth-order valence-electron chi connectivity index (χ4n) is 2.34. The number of aryl methyl sites for hydroxylation is 1. The first-order valence-electron chi connectivity index (χ1n) is 6.64.